The molecule has 94 valence electrons. The summed E-state index contributed by atoms with van der Waals surface area (Å²) in [5.74, 6) is 0.532. The van der Waals surface area contributed by atoms with E-state index in [1.807, 2.05) is 0 Å². The van der Waals surface area contributed by atoms with Gasteiger partial charge in [0.15, 0.2) is 0 Å². The minimum Gasteiger partial charge on any atom is -0.337 e. The van der Waals surface area contributed by atoms with E-state index in [1.165, 1.54) is 12.5 Å². The maximum absolute atomic E-state index is 13.6. The molecule has 0 radical (unpaired) electrons. The fourth-order valence-electron chi connectivity index (χ4n) is 2.19. The summed E-state index contributed by atoms with van der Waals surface area (Å²) >= 11 is 0. The maximum atomic E-state index is 13.6. The smallest absolute Gasteiger partial charge is 0.244 e. The van der Waals surface area contributed by atoms with E-state index in [1.54, 1.807) is 18.2 Å². The quantitative estimate of drug-likeness (QED) is 0.886. The van der Waals surface area contributed by atoms with Gasteiger partial charge in [-0.25, -0.2) is 4.39 Å². The van der Waals surface area contributed by atoms with Crippen LogP contribution in [0.4, 0.5) is 4.39 Å². The first-order valence-electron chi connectivity index (χ1n) is 6.16. The summed E-state index contributed by atoms with van der Waals surface area (Å²) < 4.78 is 18.8. The van der Waals surface area contributed by atoms with Crippen molar-refractivity contribution in [2.75, 3.05) is 6.54 Å². The molecule has 4 nitrogen and oxygen atoms in total. The van der Waals surface area contributed by atoms with Gasteiger partial charge < -0.3 is 9.84 Å². The van der Waals surface area contributed by atoms with Gasteiger partial charge in [0.1, 0.15) is 5.82 Å². The number of nitrogens with zero attached hydrogens (tertiary/aromatic N) is 2. The molecular formula is C13H14FN3O. The number of piperidine rings is 1. The Morgan fingerprint density at radius 2 is 2.17 bits per heavy atom. The number of aromatic nitrogens is 2. The van der Waals surface area contributed by atoms with Gasteiger partial charge in [0.25, 0.3) is 0 Å². The number of hydrogen-bond donors (Lipinski definition) is 1. The lowest BCUT2D eigenvalue weighted by molar-refractivity contribution is 0.297. The van der Waals surface area contributed by atoms with Crippen molar-refractivity contribution in [2.45, 2.75) is 25.3 Å². The zero-order valence-electron chi connectivity index (χ0n) is 9.90. The van der Waals surface area contributed by atoms with Crippen molar-refractivity contribution >= 4 is 0 Å². The molecule has 0 unspecified atom stereocenters. The van der Waals surface area contributed by atoms with Crippen LogP contribution in [0.5, 0.6) is 0 Å². The normalized spacial score (nSPS) is 19.9. The number of rotatable bonds is 2. The number of nitrogens with one attached hydrogen (secondary N) is 1. The predicted octanol–water partition coefficient (Wildman–Crippen LogP) is 2.69. The van der Waals surface area contributed by atoms with Crippen molar-refractivity contribution in [3.05, 3.63) is 36.0 Å². The van der Waals surface area contributed by atoms with Crippen LogP contribution in [0.3, 0.4) is 0 Å². The number of benzene rings is 1. The van der Waals surface area contributed by atoms with Crippen LogP contribution in [-0.4, -0.2) is 16.7 Å². The first-order valence-corrected chi connectivity index (χ1v) is 6.16. The van der Waals surface area contributed by atoms with E-state index in [2.05, 4.69) is 15.5 Å². The Labute approximate surface area is 104 Å². The van der Waals surface area contributed by atoms with Crippen molar-refractivity contribution < 1.29 is 8.91 Å². The Morgan fingerprint density at radius 3 is 2.94 bits per heavy atom. The van der Waals surface area contributed by atoms with E-state index in [0.29, 0.717) is 17.3 Å². The van der Waals surface area contributed by atoms with Gasteiger partial charge in [-0.1, -0.05) is 23.7 Å². The van der Waals surface area contributed by atoms with Crippen molar-refractivity contribution in [2.24, 2.45) is 0 Å². The molecule has 0 amide bonds. The third-order valence-corrected chi connectivity index (χ3v) is 3.16. The monoisotopic (exact) mass is 247 g/mol. The van der Waals surface area contributed by atoms with E-state index < -0.39 is 0 Å². The molecule has 0 bridgehead atoms. The van der Waals surface area contributed by atoms with Crippen LogP contribution >= 0.6 is 0 Å². The third-order valence-electron chi connectivity index (χ3n) is 3.16. The Hall–Kier alpha value is -1.75. The molecule has 18 heavy (non-hydrogen) atoms. The summed E-state index contributed by atoms with van der Waals surface area (Å²) in [5, 5.41) is 7.18. The second-order valence-corrected chi connectivity index (χ2v) is 4.44. The van der Waals surface area contributed by atoms with Crippen LogP contribution in [0.1, 0.15) is 31.2 Å². The highest BCUT2D eigenvalue weighted by atomic mass is 19.1. The van der Waals surface area contributed by atoms with Crippen molar-refractivity contribution in [3.63, 3.8) is 0 Å². The van der Waals surface area contributed by atoms with Gasteiger partial charge >= 0.3 is 0 Å². The fourth-order valence-corrected chi connectivity index (χ4v) is 2.19. The molecule has 1 aliphatic heterocycles. The summed E-state index contributed by atoms with van der Waals surface area (Å²) in [6.07, 6.45) is 3.30. The van der Waals surface area contributed by atoms with Crippen LogP contribution < -0.4 is 5.32 Å². The molecule has 0 aliphatic carbocycles. The Balaban J connectivity index is 1.87. The van der Waals surface area contributed by atoms with E-state index in [0.717, 1.165) is 19.4 Å². The van der Waals surface area contributed by atoms with Crippen molar-refractivity contribution in [1.29, 1.82) is 0 Å². The Bertz CT molecular complexity index is 535. The summed E-state index contributed by atoms with van der Waals surface area (Å²) in [7, 11) is 0. The standard InChI is InChI=1S/C13H14FN3O/c14-10-6-2-1-5-9(10)12-16-13(18-17-12)11-7-3-4-8-15-11/h1-2,5-6,11,15H,3-4,7-8H2/t11-/m0/s1. The second kappa shape index (κ2) is 4.86. The summed E-state index contributed by atoms with van der Waals surface area (Å²) in [5.41, 5.74) is 0.378. The molecule has 2 heterocycles. The molecule has 5 heteroatoms. The van der Waals surface area contributed by atoms with Gasteiger partial charge in [0.2, 0.25) is 11.7 Å². The fraction of sp³-hybridized carbons (Fsp3) is 0.385. The maximum Gasteiger partial charge on any atom is 0.244 e. The van der Waals surface area contributed by atoms with E-state index in [-0.39, 0.29) is 11.9 Å². The molecule has 1 aliphatic rings. The van der Waals surface area contributed by atoms with Gasteiger partial charge in [-0.05, 0) is 31.5 Å². The molecule has 1 fully saturated rings. The lowest BCUT2D eigenvalue weighted by Gasteiger charge is -2.19. The van der Waals surface area contributed by atoms with Crippen LogP contribution in [0.15, 0.2) is 28.8 Å². The highest BCUT2D eigenvalue weighted by Crippen LogP contribution is 2.25. The van der Waals surface area contributed by atoms with Gasteiger partial charge in [-0.2, -0.15) is 4.98 Å². The van der Waals surface area contributed by atoms with E-state index >= 15 is 0 Å². The topological polar surface area (TPSA) is 51.0 Å². The molecular weight excluding hydrogens is 233 g/mol. The minimum atomic E-state index is -0.332. The first-order chi connectivity index (χ1) is 8.84. The second-order valence-electron chi connectivity index (χ2n) is 4.44. The van der Waals surface area contributed by atoms with Gasteiger partial charge in [0.05, 0.1) is 11.6 Å². The molecule has 0 spiro atoms. The van der Waals surface area contributed by atoms with Crippen molar-refractivity contribution in [1.82, 2.24) is 15.5 Å². The largest absolute Gasteiger partial charge is 0.337 e. The predicted molar refractivity (Wildman–Crippen MR) is 64.3 cm³/mol. The van der Waals surface area contributed by atoms with Crippen LogP contribution in [0.2, 0.25) is 0 Å². The lowest BCUT2D eigenvalue weighted by atomic mass is 10.1. The SMILES string of the molecule is Fc1ccccc1-c1noc([C@@H]2CCCCN2)n1. The molecule has 1 saturated heterocycles. The van der Waals surface area contributed by atoms with Gasteiger partial charge in [-0.3, -0.25) is 0 Å². The molecule has 1 atom stereocenters. The van der Waals surface area contributed by atoms with Crippen LogP contribution in [-0.2, 0) is 0 Å². The highest BCUT2D eigenvalue weighted by Gasteiger charge is 2.22. The average Bonchev–Trinajstić information content (AvgIpc) is 2.90. The summed E-state index contributed by atoms with van der Waals surface area (Å²) in [6.45, 7) is 0.960. The zero-order valence-corrected chi connectivity index (χ0v) is 9.90. The molecule has 2 aromatic rings. The minimum absolute atomic E-state index is 0.103. The number of halogens is 1. The van der Waals surface area contributed by atoms with Gasteiger partial charge in [-0.15, -0.1) is 0 Å². The Morgan fingerprint density at radius 1 is 1.28 bits per heavy atom. The number of hydrogen-bond acceptors (Lipinski definition) is 4. The molecule has 3 rings (SSSR count). The zero-order chi connectivity index (χ0) is 12.4. The molecule has 1 aromatic carbocycles. The summed E-state index contributed by atoms with van der Waals surface area (Å²) in [6, 6.07) is 6.55. The first kappa shape index (κ1) is 11.3. The van der Waals surface area contributed by atoms with E-state index in [4.69, 9.17) is 4.52 Å². The van der Waals surface area contributed by atoms with Crippen LogP contribution in [0, 0.1) is 5.82 Å². The van der Waals surface area contributed by atoms with Crippen LogP contribution in [0.25, 0.3) is 11.4 Å². The molecule has 0 saturated carbocycles. The third kappa shape index (κ3) is 2.13. The molecule has 1 aromatic heterocycles. The summed E-state index contributed by atoms with van der Waals surface area (Å²) in [4.78, 5) is 4.28. The average molecular weight is 247 g/mol. The molecule has 1 N–H and O–H groups in total. The van der Waals surface area contributed by atoms with Crippen molar-refractivity contribution in [3.8, 4) is 11.4 Å². The van der Waals surface area contributed by atoms with E-state index in [9.17, 15) is 4.39 Å². The highest BCUT2D eigenvalue weighted by molar-refractivity contribution is 5.54. The lowest BCUT2D eigenvalue weighted by Crippen LogP contribution is -2.26. The van der Waals surface area contributed by atoms with Gasteiger partial charge in [0, 0.05) is 0 Å². The Kier molecular flexibility index (Phi) is 3.06.